The second-order valence-electron chi connectivity index (χ2n) is 38.3. The quantitative estimate of drug-likeness (QED) is 0.0198. The summed E-state index contributed by atoms with van der Waals surface area (Å²) in [4.78, 5) is 0. The molecule has 12 aromatic rings. The summed E-state index contributed by atoms with van der Waals surface area (Å²) in [5.41, 5.74) is 11.4. The van der Waals surface area contributed by atoms with Crippen LogP contribution >= 0.6 is 0 Å². The van der Waals surface area contributed by atoms with Crippen LogP contribution in [0.1, 0.15) is 121 Å². The van der Waals surface area contributed by atoms with Gasteiger partial charge in [-0.25, -0.2) is 0 Å². The number of hydrogen-bond donors (Lipinski definition) is 0. The van der Waals surface area contributed by atoms with Crippen molar-refractivity contribution < 1.29 is 99.2 Å². The molecule has 0 amide bonds. The fourth-order valence-electron chi connectivity index (χ4n) is 19.8. The van der Waals surface area contributed by atoms with Crippen LogP contribution in [0.4, 0.5) is 0 Å². The topological polar surface area (TPSA) is 194 Å². The van der Waals surface area contributed by atoms with E-state index in [1.54, 1.807) is 0 Å². The summed E-state index contributed by atoms with van der Waals surface area (Å²) in [6.07, 6.45) is -19.1. The van der Waals surface area contributed by atoms with E-state index in [1.807, 2.05) is 358 Å². The summed E-state index contributed by atoms with van der Waals surface area (Å²) in [6.45, 7) is 19.5. The van der Waals surface area contributed by atoms with Gasteiger partial charge in [-0.15, -0.1) is 6.58 Å². The number of ether oxygens (including phenoxy) is 20. The number of unbranched alkanes of at least 4 members (excludes halogenated alkanes) is 1. The Labute approximate surface area is 851 Å². The molecule has 12 aromatic carbocycles. The molecule has 4 aliphatic rings. The van der Waals surface area contributed by atoms with Crippen molar-refractivity contribution in [1.29, 1.82) is 0 Å². The van der Waals surface area contributed by atoms with Gasteiger partial charge < -0.3 is 99.2 Å². The zero-order chi connectivity index (χ0) is 99.1. The molecule has 4 aliphatic heterocycles. The summed E-state index contributed by atoms with van der Waals surface area (Å²) in [5, 5.41) is 0. The molecule has 22 heteroatoms. The molecule has 144 heavy (non-hydrogen) atoms. The summed E-state index contributed by atoms with van der Waals surface area (Å²) >= 11 is 0. The fraction of sp³-hybridized carbons (Fsp3) is 0.393. The zero-order valence-corrected chi connectivity index (χ0v) is 84.7. The van der Waals surface area contributed by atoms with E-state index < -0.39 is 131 Å². The minimum atomic E-state index is -2.84. The van der Waals surface area contributed by atoms with Crippen LogP contribution in [0.3, 0.4) is 0 Å². The van der Waals surface area contributed by atoms with Gasteiger partial charge in [0.15, 0.2) is 33.5 Å². The first-order chi connectivity index (χ1) is 70.9. The lowest BCUT2D eigenvalue weighted by atomic mass is 9.95. The smallest absolute Gasteiger partial charge is 0.200 e. The van der Waals surface area contributed by atoms with Gasteiger partial charge >= 0.3 is 0 Å². The Morgan fingerprint density at radius 3 is 0.688 bits per heavy atom. The minimum absolute atomic E-state index is 0.00103. The van der Waals surface area contributed by atoms with Gasteiger partial charge in [0.2, 0.25) is 0 Å². The Hall–Kier alpha value is -10.2. The van der Waals surface area contributed by atoms with Crippen LogP contribution in [-0.2, 0) is 178 Å². The standard InChI is InChI=1S/C122H142O21Si/c1-8-9-46-71-125-119-115(134-82-101-67-42-20-43-68-101)111(130-78-97-59-34-16-35-60-97)109(128-76-95-55-30-14-31-56-95)105(139-119)86-136-120-117(113(132-80-99-63-38-18-39-64-99)108(127-75-94-53-28-13-29-54-94)103(138-120)84-123-72-91-47-22-10-23-48-91)142-122-118(114(133-81-100-65-40-19-41-66-100)110(129-77-96-57-32-15-33-58-96)106(141-122)87-137-144(88(2)3,89(4)5)90(6)7)143-121-116(135-83-102-69-44-21-45-70-102)112(131-79-98-61-36-17-37-62-98)107(126-74-93-51-26-12-27-52-93)104(140-121)85-124-73-92-49-24-11-25-50-92/h8,10-45,47-70,88-90,103-122H,1,9,46,71-87H2,2-7H3. The molecule has 0 aromatic heterocycles. The second kappa shape index (κ2) is 56.6. The summed E-state index contributed by atoms with van der Waals surface area (Å²) in [6, 6.07) is 121. The Balaban J connectivity index is 0.896. The van der Waals surface area contributed by atoms with Crippen molar-refractivity contribution in [3.8, 4) is 0 Å². The van der Waals surface area contributed by atoms with E-state index >= 15 is 0 Å². The van der Waals surface area contributed by atoms with Gasteiger partial charge in [-0.3, -0.25) is 0 Å². The van der Waals surface area contributed by atoms with Crippen LogP contribution in [0.15, 0.2) is 377 Å². The molecule has 4 saturated heterocycles. The first kappa shape index (κ1) is 107. The van der Waals surface area contributed by atoms with Crippen molar-refractivity contribution in [3.63, 3.8) is 0 Å². The van der Waals surface area contributed by atoms with E-state index in [0.717, 1.165) is 66.8 Å². The highest BCUT2D eigenvalue weighted by molar-refractivity contribution is 6.77. The van der Waals surface area contributed by atoms with E-state index in [9.17, 15) is 0 Å². The Morgan fingerprint density at radius 2 is 0.424 bits per heavy atom. The largest absolute Gasteiger partial charge is 0.413 e. The molecule has 0 spiro atoms. The van der Waals surface area contributed by atoms with Gasteiger partial charge in [0.25, 0.3) is 0 Å². The van der Waals surface area contributed by atoms with Gasteiger partial charge in [0.05, 0.1) is 112 Å². The predicted octanol–water partition coefficient (Wildman–Crippen LogP) is 23.1. The van der Waals surface area contributed by atoms with E-state index in [1.165, 1.54) is 0 Å². The maximum atomic E-state index is 8.47. The molecule has 4 heterocycles. The normalized spacial score (nSPS) is 24.6. The van der Waals surface area contributed by atoms with Gasteiger partial charge in [-0.05, 0) is 96.2 Å². The molecule has 0 bridgehead atoms. The maximum absolute atomic E-state index is 8.47. The average molecular weight is 1970 g/mol. The lowest BCUT2D eigenvalue weighted by Gasteiger charge is -2.52. The molecular weight excluding hydrogens is 1830 g/mol. The fourth-order valence-corrected chi connectivity index (χ4v) is 25.3. The van der Waals surface area contributed by atoms with Gasteiger partial charge in [-0.1, -0.05) is 412 Å². The third-order valence-corrected chi connectivity index (χ3v) is 33.1. The number of benzene rings is 12. The molecule has 0 radical (unpaired) electrons. The Kier molecular flexibility index (Phi) is 41.9. The van der Waals surface area contributed by atoms with E-state index in [0.29, 0.717) is 12.8 Å². The van der Waals surface area contributed by atoms with Crippen molar-refractivity contribution in [2.75, 3.05) is 33.0 Å². The summed E-state index contributed by atoms with van der Waals surface area (Å²) < 4.78 is 161. The van der Waals surface area contributed by atoms with Crippen LogP contribution in [0, 0.1) is 0 Å². The van der Waals surface area contributed by atoms with Crippen LogP contribution in [-0.4, -0.2) is 164 Å². The van der Waals surface area contributed by atoms with Crippen LogP contribution < -0.4 is 0 Å². The molecule has 20 unspecified atom stereocenters. The maximum Gasteiger partial charge on any atom is 0.200 e. The monoisotopic (exact) mass is 1970 g/mol. The first-order valence-corrected chi connectivity index (χ1v) is 53.2. The number of allylic oxidation sites excluding steroid dienone is 1. The molecule has 16 rings (SSSR count). The van der Waals surface area contributed by atoms with E-state index in [-0.39, 0.29) is 129 Å². The lowest BCUT2D eigenvalue weighted by molar-refractivity contribution is -0.407. The third kappa shape index (κ3) is 30.7. The van der Waals surface area contributed by atoms with E-state index in [4.69, 9.17) is 99.2 Å². The first-order valence-electron chi connectivity index (χ1n) is 51.1. The molecular formula is C122H142O21Si. The summed E-state index contributed by atoms with van der Waals surface area (Å²) in [5.74, 6) is 0. The molecule has 0 aliphatic carbocycles. The van der Waals surface area contributed by atoms with Crippen molar-refractivity contribution in [3.05, 3.63) is 443 Å². The Morgan fingerprint density at radius 1 is 0.222 bits per heavy atom. The van der Waals surface area contributed by atoms with Gasteiger partial charge in [0, 0.05) is 0 Å². The van der Waals surface area contributed by atoms with Gasteiger partial charge in [-0.2, -0.15) is 0 Å². The molecule has 21 nitrogen and oxygen atoms in total. The van der Waals surface area contributed by atoms with Crippen molar-refractivity contribution in [2.45, 2.75) is 273 Å². The van der Waals surface area contributed by atoms with Gasteiger partial charge in [0.1, 0.15) is 97.7 Å². The summed E-state index contributed by atoms with van der Waals surface area (Å²) in [7, 11) is -2.84. The zero-order valence-electron chi connectivity index (χ0n) is 83.7. The molecule has 4 fully saturated rings. The van der Waals surface area contributed by atoms with Crippen LogP contribution in [0.2, 0.25) is 16.6 Å². The number of hydrogen-bond acceptors (Lipinski definition) is 21. The Bertz CT molecular complexity index is 5500. The molecule has 20 atom stereocenters. The molecule has 0 N–H and O–H groups in total. The molecule has 0 saturated carbocycles. The minimum Gasteiger partial charge on any atom is -0.413 e. The average Bonchev–Trinajstić information content (AvgIpc) is 0.755. The SMILES string of the molecule is C=CCCCOC1OC(COC2OC(COCc3ccccc3)C(OCc3ccccc3)C(OCc3ccccc3)C2OC2OC(CO[Si](C(C)C)(C(C)C)C(C)C)C(OCc3ccccc3)C(OCc3ccccc3)C2OC2OC(COCc3ccccc3)C(OCc3ccccc3)C(OCc3ccccc3)C2OCc2ccccc2)C(OCc2ccccc2)C(OCc2ccccc2)C1OCc1ccccc1. The van der Waals surface area contributed by atoms with Crippen LogP contribution in [0.5, 0.6) is 0 Å². The van der Waals surface area contributed by atoms with Crippen LogP contribution in [0.25, 0.3) is 0 Å². The highest BCUT2D eigenvalue weighted by Crippen LogP contribution is 2.46. The molecule has 760 valence electrons. The third-order valence-electron chi connectivity index (χ3n) is 27.1. The second-order valence-corrected chi connectivity index (χ2v) is 43.7. The predicted molar refractivity (Wildman–Crippen MR) is 555 cm³/mol. The van der Waals surface area contributed by atoms with E-state index in [2.05, 4.69) is 60.3 Å². The van der Waals surface area contributed by atoms with Crippen molar-refractivity contribution in [2.24, 2.45) is 0 Å². The highest BCUT2D eigenvalue weighted by Gasteiger charge is 2.60. The van der Waals surface area contributed by atoms with Crippen molar-refractivity contribution in [1.82, 2.24) is 0 Å². The number of rotatable bonds is 56. The lowest BCUT2D eigenvalue weighted by Crippen LogP contribution is -2.69. The highest BCUT2D eigenvalue weighted by atomic mass is 28.4. The van der Waals surface area contributed by atoms with Crippen molar-refractivity contribution >= 4 is 8.32 Å².